The van der Waals surface area contributed by atoms with Gasteiger partial charge in [-0.1, -0.05) is 0 Å². The van der Waals surface area contributed by atoms with Gasteiger partial charge in [0.15, 0.2) is 0 Å². The highest BCUT2D eigenvalue weighted by molar-refractivity contribution is 7.99. The highest BCUT2D eigenvalue weighted by atomic mass is 32.2. The lowest BCUT2D eigenvalue weighted by Crippen LogP contribution is -2.23. The Morgan fingerprint density at radius 3 is 2.50 bits per heavy atom. The topological polar surface area (TPSA) is 132 Å². The summed E-state index contributed by atoms with van der Waals surface area (Å²) in [6, 6.07) is 4.10. The first kappa shape index (κ1) is 25.7. The van der Waals surface area contributed by atoms with Crippen molar-refractivity contribution in [3.05, 3.63) is 39.7 Å². The maximum Gasteiger partial charge on any atom is 0.490 e. The van der Waals surface area contributed by atoms with Gasteiger partial charge in [-0.15, -0.1) is 11.8 Å². The standard InChI is InChI=1S/C18H22N2O4S.C2HF3O2/c1-11-2-3-12-8-13(25-7-6-24-5-4-19)9-14-16(12)20(11)10-15(17(14)21)18(22)23;3-2(4,5)1(6)7/h8-11H,2-7,19H2,1H3,(H,22,23);(H,6,7). The van der Waals surface area contributed by atoms with Gasteiger partial charge in [-0.25, -0.2) is 9.59 Å². The summed E-state index contributed by atoms with van der Waals surface area (Å²) in [5.41, 5.74) is 6.80. The number of hydrogen-bond donors (Lipinski definition) is 3. The summed E-state index contributed by atoms with van der Waals surface area (Å²) in [5, 5.41) is 17.0. The van der Waals surface area contributed by atoms with Gasteiger partial charge in [0, 0.05) is 34.8 Å². The van der Waals surface area contributed by atoms with Crippen LogP contribution < -0.4 is 11.2 Å². The summed E-state index contributed by atoms with van der Waals surface area (Å²) in [6.45, 7) is 3.68. The van der Waals surface area contributed by atoms with Crippen molar-refractivity contribution < 1.29 is 37.7 Å². The van der Waals surface area contributed by atoms with E-state index in [4.69, 9.17) is 20.4 Å². The van der Waals surface area contributed by atoms with Crippen molar-refractivity contribution in [3.63, 3.8) is 0 Å². The molecule has 1 aromatic heterocycles. The van der Waals surface area contributed by atoms with Crippen molar-refractivity contribution in [2.45, 2.75) is 36.9 Å². The second-order valence-electron chi connectivity index (χ2n) is 7.00. The van der Waals surface area contributed by atoms with Gasteiger partial charge in [0.1, 0.15) is 5.56 Å². The molecule has 0 saturated heterocycles. The molecule has 32 heavy (non-hydrogen) atoms. The molecule has 12 heteroatoms. The number of rotatable bonds is 7. The molecule has 0 aliphatic carbocycles. The quantitative estimate of drug-likeness (QED) is 0.411. The zero-order valence-electron chi connectivity index (χ0n) is 17.1. The molecule has 1 aliphatic rings. The van der Waals surface area contributed by atoms with E-state index in [9.17, 15) is 27.9 Å². The average molecular weight is 476 g/mol. The Balaban J connectivity index is 0.000000451. The number of ether oxygens (including phenoxy) is 1. The minimum atomic E-state index is -5.08. The lowest BCUT2D eigenvalue weighted by molar-refractivity contribution is -0.192. The molecule has 1 aromatic carbocycles. The van der Waals surface area contributed by atoms with E-state index in [2.05, 4.69) is 13.0 Å². The number of carbonyl (C=O) groups is 2. The first-order valence-electron chi connectivity index (χ1n) is 9.63. The molecule has 2 aromatic rings. The fourth-order valence-electron chi connectivity index (χ4n) is 3.23. The number of benzene rings is 1. The molecule has 0 amide bonds. The van der Waals surface area contributed by atoms with Crippen LogP contribution in [0.4, 0.5) is 13.2 Å². The molecule has 0 fully saturated rings. The van der Waals surface area contributed by atoms with Crippen LogP contribution in [0.2, 0.25) is 0 Å². The maximum atomic E-state index is 12.6. The third-order valence-electron chi connectivity index (χ3n) is 4.72. The SMILES string of the molecule is CC1CCc2cc(SCCOCCN)cc3c(=O)c(C(=O)O)cn1c23.O=C(O)C(F)(F)F. The summed E-state index contributed by atoms with van der Waals surface area (Å²) in [5.74, 6) is -3.18. The highest BCUT2D eigenvalue weighted by Gasteiger charge is 2.38. The van der Waals surface area contributed by atoms with Crippen LogP contribution >= 0.6 is 11.8 Å². The van der Waals surface area contributed by atoms with Crippen molar-refractivity contribution >= 4 is 34.6 Å². The number of carboxylic acid groups (broad SMARTS) is 2. The van der Waals surface area contributed by atoms with Crippen LogP contribution in [0.25, 0.3) is 10.9 Å². The predicted octanol–water partition coefficient (Wildman–Crippen LogP) is 2.91. The van der Waals surface area contributed by atoms with Crippen LogP contribution in [-0.2, 0) is 16.0 Å². The third-order valence-corrected chi connectivity index (χ3v) is 5.66. The Bertz CT molecular complexity index is 1050. The van der Waals surface area contributed by atoms with Crippen LogP contribution in [0.5, 0.6) is 0 Å². The van der Waals surface area contributed by atoms with E-state index in [0.29, 0.717) is 25.1 Å². The van der Waals surface area contributed by atoms with E-state index in [1.807, 2.05) is 10.6 Å². The highest BCUT2D eigenvalue weighted by Crippen LogP contribution is 2.33. The molecule has 0 bridgehead atoms. The summed E-state index contributed by atoms with van der Waals surface area (Å²) in [4.78, 5) is 34.0. The van der Waals surface area contributed by atoms with E-state index in [-0.39, 0.29) is 11.6 Å². The summed E-state index contributed by atoms with van der Waals surface area (Å²) in [6.07, 6.45) is -1.77. The van der Waals surface area contributed by atoms with Gasteiger partial charge >= 0.3 is 18.1 Å². The number of aliphatic carboxylic acids is 1. The van der Waals surface area contributed by atoms with Crippen LogP contribution in [0.3, 0.4) is 0 Å². The van der Waals surface area contributed by atoms with Gasteiger partial charge in [0.2, 0.25) is 5.43 Å². The Hall–Kier alpha value is -2.57. The van der Waals surface area contributed by atoms with Crippen molar-refractivity contribution in [2.24, 2.45) is 5.73 Å². The molecule has 3 rings (SSSR count). The van der Waals surface area contributed by atoms with Gasteiger partial charge in [-0.05, 0) is 37.5 Å². The number of nitrogens with zero attached hydrogens (tertiary/aromatic N) is 1. The lowest BCUT2D eigenvalue weighted by Gasteiger charge is -2.27. The molecule has 8 nitrogen and oxygen atoms in total. The monoisotopic (exact) mass is 476 g/mol. The minimum absolute atomic E-state index is 0.166. The number of aromatic carboxylic acids is 1. The number of pyridine rings is 1. The van der Waals surface area contributed by atoms with Crippen LogP contribution in [0, 0.1) is 0 Å². The second-order valence-corrected chi connectivity index (χ2v) is 8.17. The predicted molar refractivity (Wildman–Crippen MR) is 112 cm³/mol. The fraction of sp³-hybridized carbons (Fsp3) is 0.450. The number of alkyl halides is 3. The van der Waals surface area contributed by atoms with E-state index in [1.54, 1.807) is 11.8 Å². The molecule has 176 valence electrons. The Morgan fingerprint density at radius 1 is 1.28 bits per heavy atom. The number of aromatic nitrogens is 1. The van der Waals surface area contributed by atoms with Crippen LogP contribution in [0.15, 0.2) is 28.0 Å². The van der Waals surface area contributed by atoms with Crippen molar-refractivity contribution in [3.8, 4) is 0 Å². The van der Waals surface area contributed by atoms with E-state index in [0.717, 1.165) is 34.6 Å². The number of thioether (sulfide) groups is 1. The molecule has 4 N–H and O–H groups in total. The number of hydrogen-bond acceptors (Lipinski definition) is 6. The molecule has 2 heterocycles. The second kappa shape index (κ2) is 10.8. The fourth-order valence-corrected chi connectivity index (χ4v) is 4.10. The first-order valence-corrected chi connectivity index (χ1v) is 10.6. The molecule has 1 aliphatic heterocycles. The zero-order chi connectivity index (χ0) is 24.1. The molecule has 1 atom stereocenters. The van der Waals surface area contributed by atoms with Gasteiger partial charge in [-0.3, -0.25) is 4.79 Å². The van der Waals surface area contributed by atoms with E-state index >= 15 is 0 Å². The summed E-state index contributed by atoms with van der Waals surface area (Å²) >= 11 is 1.61. The molecule has 0 saturated carbocycles. The lowest BCUT2D eigenvalue weighted by atomic mass is 9.96. The Morgan fingerprint density at radius 2 is 1.94 bits per heavy atom. The van der Waals surface area contributed by atoms with Crippen molar-refractivity contribution in [1.29, 1.82) is 0 Å². The maximum absolute atomic E-state index is 12.6. The summed E-state index contributed by atoms with van der Waals surface area (Å²) < 4.78 is 39.1. The number of aryl methyl sites for hydroxylation is 1. The van der Waals surface area contributed by atoms with Crippen LogP contribution in [-0.4, -0.2) is 58.4 Å². The van der Waals surface area contributed by atoms with Gasteiger partial charge in [0.25, 0.3) is 0 Å². The van der Waals surface area contributed by atoms with Crippen molar-refractivity contribution in [1.82, 2.24) is 4.57 Å². The van der Waals surface area contributed by atoms with E-state index in [1.165, 1.54) is 6.20 Å². The third kappa shape index (κ3) is 6.24. The Kier molecular flexibility index (Phi) is 8.70. The molecular weight excluding hydrogens is 453 g/mol. The first-order chi connectivity index (χ1) is 15.0. The number of carboxylic acids is 2. The smallest absolute Gasteiger partial charge is 0.477 e. The molecule has 0 spiro atoms. The molecule has 1 unspecified atom stereocenters. The summed E-state index contributed by atoms with van der Waals surface area (Å²) in [7, 11) is 0. The molecular formula is C20H23F3N2O6S. The average Bonchev–Trinajstić information content (AvgIpc) is 2.71. The van der Waals surface area contributed by atoms with Gasteiger partial charge in [-0.2, -0.15) is 13.2 Å². The zero-order valence-corrected chi connectivity index (χ0v) is 18.0. The van der Waals surface area contributed by atoms with Gasteiger partial charge < -0.3 is 25.3 Å². The number of halogens is 3. The largest absolute Gasteiger partial charge is 0.490 e. The Labute approximate surface area is 185 Å². The molecule has 0 radical (unpaired) electrons. The normalized spacial score (nSPS) is 15.2. The van der Waals surface area contributed by atoms with Crippen LogP contribution in [0.1, 0.15) is 35.3 Å². The van der Waals surface area contributed by atoms with E-state index < -0.39 is 23.5 Å². The number of nitrogens with two attached hydrogens (primary N) is 1. The van der Waals surface area contributed by atoms with Gasteiger partial charge in [0.05, 0.1) is 18.7 Å². The van der Waals surface area contributed by atoms with Crippen molar-refractivity contribution in [2.75, 3.05) is 25.5 Å². The minimum Gasteiger partial charge on any atom is -0.477 e.